The van der Waals surface area contributed by atoms with Crippen LogP contribution in [0.4, 0.5) is 4.39 Å². The van der Waals surface area contributed by atoms with Crippen molar-refractivity contribution in [1.29, 1.82) is 0 Å². The molecule has 0 amide bonds. The monoisotopic (exact) mass is 279 g/mol. The highest BCUT2D eigenvalue weighted by atomic mass is 19.1. The Bertz CT molecular complexity index is 487. The third-order valence-corrected chi connectivity index (χ3v) is 4.12. The second-order valence-corrected chi connectivity index (χ2v) is 6.64. The van der Waals surface area contributed by atoms with E-state index in [-0.39, 0.29) is 5.82 Å². The van der Waals surface area contributed by atoms with Crippen LogP contribution < -0.4 is 5.46 Å². The first kappa shape index (κ1) is 15.5. The molecule has 0 radical (unpaired) electrons. The van der Waals surface area contributed by atoms with Gasteiger partial charge in [0, 0.05) is 12.0 Å². The zero-order valence-corrected chi connectivity index (χ0v) is 13.2. The Kier molecular flexibility index (Phi) is 3.97. The van der Waals surface area contributed by atoms with E-state index in [1.165, 1.54) is 6.07 Å². The van der Waals surface area contributed by atoms with Crippen LogP contribution in [0.2, 0.25) is 0 Å². The topological polar surface area (TPSA) is 21.7 Å². The minimum absolute atomic E-state index is 0.275. The van der Waals surface area contributed by atoms with Gasteiger partial charge in [-0.05, 0) is 53.4 Å². The smallest absolute Gasteiger partial charge is 0.399 e. The van der Waals surface area contributed by atoms with E-state index in [4.69, 9.17) is 9.31 Å². The van der Waals surface area contributed by atoms with Gasteiger partial charge in [0.15, 0.2) is 0 Å². The quantitative estimate of drug-likeness (QED) is 0.792. The van der Waals surface area contributed by atoms with Gasteiger partial charge >= 0.3 is 7.12 Å². The Morgan fingerprint density at radius 2 is 1.65 bits per heavy atom. The average molecular weight is 279 g/mol. The van der Waals surface area contributed by atoms with Crippen LogP contribution in [0.25, 0.3) is 0 Å². The van der Waals surface area contributed by atoms with Gasteiger partial charge in [0.05, 0.1) is 11.2 Å². The fourth-order valence-corrected chi connectivity index (χ4v) is 2.29. The van der Waals surface area contributed by atoms with E-state index in [2.05, 4.69) is 0 Å². The lowest BCUT2D eigenvalue weighted by atomic mass is 9.75. The average Bonchev–Trinajstić information content (AvgIpc) is 2.46. The first-order valence-corrected chi connectivity index (χ1v) is 6.92. The van der Waals surface area contributed by atoms with Crippen LogP contribution in [0, 0.1) is 5.82 Å². The summed E-state index contributed by atoms with van der Waals surface area (Å²) in [7, 11) is 3.26. The molecule has 0 saturated carbocycles. The van der Waals surface area contributed by atoms with Crippen molar-refractivity contribution in [3.05, 3.63) is 29.6 Å². The van der Waals surface area contributed by atoms with Crippen molar-refractivity contribution in [2.24, 2.45) is 0 Å². The molecule has 0 aliphatic carbocycles. The van der Waals surface area contributed by atoms with Crippen LogP contribution in [-0.4, -0.2) is 37.3 Å². The number of halogens is 1. The third-order valence-electron chi connectivity index (χ3n) is 4.12. The summed E-state index contributed by atoms with van der Waals surface area (Å²) < 4.78 is 26.2. The van der Waals surface area contributed by atoms with Gasteiger partial charge in [0.25, 0.3) is 0 Å². The molecule has 0 spiro atoms. The highest BCUT2D eigenvalue weighted by Gasteiger charge is 2.52. The first-order chi connectivity index (χ1) is 9.14. The molecule has 1 aromatic carbocycles. The van der Waals surface area contributed by atoms with Crippen LogP contribution in [0.1, 0.15) is 33.3 Å². The van der Waals surface area contributed by atoms with E-state index in [9.17, 15) is 4.39 Å². The van der Waals surface area contributed by atoms with E-state index in [0.29, 0.717) is 12.0 Å². The normalized spacial score (nSPS) is 20.7. The molecule has 1 heterocycles. The highest BCUT2D eigenvalue weighted by molar-refractivity contribution is 6.62. The molecule has 0 atom stereocenters. The molecular weight excluding hydrogens is 256 g/mol. The molecule has 1 aliphatic heterocycles. The fourth-order valence-electron chi connectivity index (χ4n) is 2.29. The van der Waals surface area contributed by atoms with Crippen molar-refractivity contribution in [3.63, 3.8) is 0 Å². The van der Waals surface area contributed by atoms with Gasteiger partial charge in [0.1, 0.15) is 5.82 Å². The predicted octanol–water partition coefficient (Wildman–Crippen LogP) is 2.19. The molecule has 0 bridgehead atoms. The minimum Gasteiger partial charge on any atom is -0.399 e. The number of hydrogen-bond donors (Lipinski definition) is 0. The zero-order valence-electron chi connectivity index (χ0n) is 13.2. The Hall–Kier alpha value is -0.905. The van der Waals surface area contributed by atoms with E-state index < -0.39 is 18.3 Å². The molecule has 1 aliphatic rings. The molecular formula is C15H23BFNO2. The largest absolute Gasteiger partial charge is 0.498 e. The highest BCUT2D eigenvalue weighted by Crippen LogP contribution is 2.36. The minimum atomic E-state index is -0.656. The molecule has 20 heavy (non-hydrogen) atoms. The molecule has 2 rings (SSSR count). The lowest BCUT2D eigenvalue weighted by Crippen LogP contribution is -2.41. The maximum Gasteiger partial charge on any atom is 0.498 e. The number of benzene rings is 1. The lowest BCUT2D eigenvalue weighted by Gasteiger charge is -2.32. The Labute approximate surface area is 121 Å². The van der Waals surface area contributed by atoms with Gasteiger partial charge in [-0.1, -0.05) is 12.1 Å². The second-order valence-electron chi connectivity index (χ2n) is 6.64. The standard InChI is InChI=1S/C15H23BFNO2/c1-14(2)15(3,4)20-16(19-14)13-11(10-18(5)6)8-7-9-12(13)17/h7-9H,10H2,1-6H3. The van der Waals surface area contributed by atoms with E-state index >= 15 is 0 Å². The Morgan fingerprint density at radius 1 is 1.10 bits per heavy atom. The zero-order chi connectivity index (χ0) is 15.1. The second kappa shape index (κ2) is 5.13. The van der Waals surface area contributed by atoms with E-state index in [0.717, 1.165) is 5.56 Å². The summed E-state index contributed by atoms with van der Waals surface area (Å²) in [6, 6.07) is 5.10. The van der Waals surface area contributed by atoms with Crippen molar-refractivity contribution >= 4 is 12.6 Å². The maximum atomic E-state index is 14.3. The molecule has 1 aromatic rings. The van der Waals surface area contributed by atoms with E-state index in [1.54, 1.807) is 6.07 Å². The molecule has 0 aromatic heterocycles. The molecule has 1 fully saturated rings. The number of rotatable bonds is 3. The summed E-state index contributed by atoms with van der Waals surface area (Å²) >= 11 is 0. The summed E-state index contributed by atoms with van der Waals surface area (Å²) in [4.78, 5) is 2.00. The summed E-state index contributed by atoms with van der Waals surface area (Å²) in [6.45, 7) is 8.54. The van der Waals surface area contributed by atoms with Crippen molar-refractivity contribution in [1.82, 2.24) is 4.90 Å². The lowest BCUT2D eigenvalue weighted by molar-refractivity contribution is 0.00578. The van der Waals surface area contributed by atoms with Crippen LogP contribution in [0.3, 0.4) is 0 Å². The summed E-state index contributed by atoms with van der Waals surface area (Å²) in [5, 5.41) is 0. The summed E-state index contributed by atoms with van der Waals surface area (Å²) in [6.07, 6.45) is 0. The van der Waals surface area contributed by atoms with Crippen molar-refractivity contribution in [2.45, 2.75) is 45.4 Å². The molecule has 3 nitrogen and oxygen atoms in total. The van der Waals surface area contributed by atoms with E-state index in [1.807, 2.05) is 52.8 Å². The number of hydrogen-bond acceptors (Lipinski definition) is 3. The first-order valence-electron chi connectivity index (χ1n) is 6.92. The Morgan fingerprint density at radius 3 is 2.15 bits per heavy atom. The SMILES string of the molecule is CN(C)Cc1cccc(F)c1B1OC(C)(C)C(C)(C)O1. The third kappa shape index (κ3) is 2.75. The fraction of sp³-hybridized carbons (Fsp3) is 0.600. The van der Waals surface area contributed by atoms with Crippen molar-refractivity contribution in [3.8, 4) is 0 Å². The molecule has 110 valence electrons. The van der Waals surface area contributed by atoms with Gasteiger partial charge < -0.3 is 14.2 Å². The van der Waals surface area contributed by atoms with Gasteiger partial charge in [-0.15, -0.1) is 0 Å². The number of nitrogens with zero attached hydrogens (tertiary/aromatic N) is 1. The van der Waals surface area contributed by atoms with Crippen LogP contribution >= 0.6 is 0 Å². The predicted molar refractivity (Wildman–Crippen MR) is 79.5 cm³/mol. The molecule has 5 heteroatoms. The van der Waals surface area contributed by atoms with Crippen LogP contribution in [0.15, 0.2) is 18.2 Å². The van der Waals surface area contributed by atoms with Crippen LogP contribution in [-0.2, 0) is 15.9 Å². The van der Waals surface area contributed by atoms with Gasteiger partial charge in [0.2, 0.25) is 0 Å². The maximum absolute atomic E-state index is 14.3. The molecule has 1 saturated heterocycles. The molecule has 0 unspecified atom stereocenters. The van der Waals surface area contributed by atoms with Gasteiger partial charge in [-0.2, -0.15) is 0 Å². The Balaban J connectivity index is 2.39. The molecule has 0 N–H and O–H groups in total. The summed E-state index contributed by atoms with van der Waals surface area (Å²) in [5.41, 5.74) is 0.485. The van der Waals surface area contributed by atoms with Gasteiger partial charge in [-0.3, -0.25) is 0 Å². The van der Waals surface area contributed by atoms with Crippen molar-refractivity contribution < 1.29 is 13.7 Å². The summed E-state index contributed by atoms with van der Waals surface area (Å²) in [5.74, 6) is -0.275. The van der Waals surface area contributed by atoms with Crippen LogP contribution in [0.5, 0.6) is 0 Å². The van der Waals surface area contributed by atoms with Crippen molar-refractivity contribution in [2.75, 3.05) is 14.1 Å². The van der Waals surface area contributed by atoms with Gasteiger partial charge in [-0.25, -0.2) is 4.39 Å².